The summed E-state index contributed by atoms with van der Waals surface area (Å²) >= 11 is 0. The molecule has 0 unspecified atom stereocenters. The van der Waals surface area contributed by atoms with E-state index in [9.17, 15) is 0 Å². The predicted molar refractivity (Wildman–Crippen MR) is 70.5 cm³/mol. The Kier molecular flexibility index (Phi) is 2.78. The number of aromatic amines is 1. The van der Waals surface area contributed by atoms with Crippen molar-refractivity contribution >= 4 is 5.57 Å². The molecule has 0 atom stereocenters. The zero-order chi connectivity index (χ0) is 11.5. The Morgan fingerprint density at radius 3 is 2.71 bits per heavy atom. The van der Waals surface area contributed by atoms with Gasteiger partial charge in [0.15, 0.2) is 0 Å². The van der Waals surface area contributed by atoms with Gasteiger partial charge in [-0.15, -0.1) is 0 Å². The highest BCUT2D eigenvalue weighted by Gasteiger charge is 2.13. The van der Waals surface area contributed by atoms with Crippen LogP contribution in [0.2, 0.25) is 0 Å². The molecule has 2 aromatic rings. The van der Waals surface area contributed by atoms with Gasteiger partial charge in [0.05, 0.1) is 11.9 Å². The van der Waals surface area contributed by atoms with Crippen molar-refractivity contribution in [2.75, 3.05) is 0 Å². The van der Waals surface area contributed by atoms with E-state index < -0.39 is 0 Å². The van der Waals surface area contributed by atoms with Crippen LogP contribution in [0.4, 0.5) is 0 Å². The summed E-state index contributed by atoms with van der Waals surface area (Å²) in [7, 11) is 0. The van der Waals surface area contributed by atoms with E-state index in [1.54, 1.807) is 0 Å². The third-order valence-corrected chi connectivity index (χ3v) is 3.34. The Morgan fingerprint density at radius 2 is 1.94 bits per heavy atom. The third-order valence-electron chi connectivity index (χ3n) is 3.34. The highest BCUT2D eigenvalue weighted by Crippen LogP contribution is 2.32. The number of nitrogens with zero attached hydrogens (tertiary/aromatic N) is 1. The van der Waals surface area contributed by atoms with Crippen LogP contribution in [0, 0.1) is 0 Å². The van der Waals surface area contributed by atoms with Crippen LogP contribution in [-0.4, -0.2) is 10.2 Å². The monoisotopic (exact) mass is 224 g/mol. The van der Waals surface area contributed by atoms with E-state index in [0.29, 0.717) is 0 Å². The first-order valence-electron chi connectivity index (χ1n) is 6.23. The second kappa shape index (κ2) is 4.58. The molecule has 1 aliphatic rings. The lowest BCUT2D eigenvalue weighted by atomic mass is 9.93. The zero-order valence-corrected chi connectivity index (χ0v) is 9.82. The number of hydrogen-bond acceptors (Lipinski definition) is 1. The van der Waals surface area contributed by atoms with Crippen LogP contribution in [0.25, 0.3) is 16.7 Å². The molecule has 1 aromatic carbocycles. The lowest BCUT2D eigenvalue weighted by Crippen LogP contribution is -1.94. The molecule has 0 radical (unpaired) electrons. The molecule has 0 fully saturated rings. The molecular weight excluding hydrogens is 208 g/mol. The molecule has 0 amide bonds. The van der Waals surface area contributed by atoms with Crippen molar-refractivity contribution in [1.29, 1.82) is 0 Å². The fraction of sp³-hybridized carbons (Fsp3) is 0.267. The highest BCUT2D eigenvalue weighted by atomic mass is 15.1. The molecule has 0 saturated carbocycles. The summed E-state index contributed by atoms with van der Waals surface area (Å²) in [6.45, 7) is 0. The number of benzene rings is 1. The van der Waals surface area contributed by atoms with Crippen LogP contribution in [0.5, 0.6) is 0 Å². The molecule has 2 nitrogen and oxygen atoms in total. The average molecular weight is 224 g/mol. The van der Waals surface area contributed by atoms with Gasteiger partial charge in [0.1, 0.15) is 0 Å². The van der Waals surface area contributed by atoms with E-state index in [1.165, 1.54) is 48.1 Å². The Bertz CT molecular complexity index is 523. The van der Waals surface area contributed by atoms with Crippen molar-refractivity contribution in [2.24, 2.45) is 0 Å². The molecule has 1 N–H and O–H groups in total. The molecule has 1 aromatic heterocycles. The van der Waals surface area contributed by atoms with Crippen LogP contribution in [0.1, 0.15) is 31.4 Å². The molecule has 0 aliphatic heterocycles. The number of hydrogen-bond donors (Lipinski definition) is 1. The number of allylic oxidation sites excluding steroid dienone is 2. The minimum absolute atomic E-state index is 1.17. The first-order chi connectivity index (χ1) is 8.45. The largest absolute Gasteiger partial charge is 0.278 e. The number of nitrogens with one attached hydrogen (secondary N) is 1. The topological polar surface area (TPSA) is 28.7 Å². The summed E-state index contributed by atoms with van der Waals surface area (Å²) in [5.74, 6) is 0. The van der Waals surface area contributed by atoms with Crippen LogP contribution < -0.4 is 0 Å². The molecule has 2 heteroatoms. The number of H-pyrrole nitrogens is 1. The summed E-state index contributed by atoms with van der Waals surface area (Å²) < 4.78 is 0. The second-order valence-corrected chi connectivity index (χ2v) is 4.50. The molecular formula is C15H16N2. The third kappa shape index (κ3) is 2.03. The number of aromatic nitrogens is 2. The maximum atomic E-state index is 4.21. The highest BCUT2D eigenvalue weighted by molar-refractivity contribution is 5.78. The summed E-state index contributed by atoms with van der Waals surface area (Å²) in [6, 6.07) is 10.5. The van der Waals surface area contributed by atoms with E-state index in [4.69, 9.17) is 0 Å². The van der Waals surface area contributed by atoms with Gasteiger partial charge in [-0.05, 0) is 36.8 Å². The minimum atomic E-state index is 1.17. The molecule has 0 bridgehead atoms. The van der Waals surface area contributed by atoms with Crippen molar-refractivity contribution in [3.05, 3.63) is 48.3 Å². The normalized spacial score (nSPS) is 15.6. The summed E-state index contributed by atoms with van der Waals surface area (Å²) in [4.78, 5) is 0. The van der Waals surface area contributed by atoms with Gasteiger partial charge >= 0.3 is 0 Å². The molecule has 3 rings (SSSR count). The maximum absolute atomic E-state index is 4.21. The van der Waals surface area contributed by atoms with Crippen LogP contribution >= 0.6 is 0 Å². The van der Waals surface area contributed by atoms with Crippen molar-refractivity contribution in [2.45, 2.75) is 25.7 Å². The van der Waals surface area contributed by atoms with Gasteiger partial charge in [0.2, 0.25) is 0 Å². The summed E-state index contributed by atoms with van der Waals surface area (Å²) in [5, 5.41) is 7.36. The maximum Gasteiger partial charge on any atom is 0.0685 e. The Morgan fingerprint density at radius 1 is 1.06 bits per heavy atom. The molecule has 0 saturated heterocycles. The molecule has 17 heavy (non-hydrogen) atoms. The van der Waals surface area contributed by atoms with Crippen molar-refractivity contribution in [3.8, 4) is 11.1 Å². The zero-order valence-electron chi connectivity index (χ0n) is 9.82. The number of rotatable bonds is 2. The molecule has 86 valence electrons. The average Bonchev–Trinajstić information content (AvgIpc) is 2.90. The Labute approximate surface area is 101 Å². The van der Waals surface area contributed by atoms with Crippen LogP contribution in [-0.2, 0) is 0 Å². The van der Waals surface area contributed by atoms with E-state index in [1.807, 2.05) is 12.3 Å². The van der Waals surface area contributed by atoms with Gasteiger partial charge in [-0.3, -0.25) is 5.10 Å². The Hall–Kier alpha value is -1.83. The second-order valence-electron chi connectivity index (χ2n) is 4.50. The first-order valence-corrected chi connectivity index (χ1v) is 6.23. The molecule has 1 aliphatic carbocycles. The van der Waals surface area contributed by atoms with Crippen molar-refractivity contribution in [1.82, 2.24) is 10.2 Å². The van der Waals surface area contributed by atoms with Crippen LogP contribution in [0.3, 0.4) is 0 Å². The van der Waals surface area contributed by atoms with E-state index in [2.05, 4.69) is 40.5 Å². The quantitative estimate of drug-likeness (QED) is 0.819. The summed E-state index contributed by atoms with van der Waals surface area (Å²) in [5.41, 5.74) is 5.09. The predicted octanol–water partition coefficient (Wildman–Crippen LogP) is 4.03. The van der Waals surface area contributed by atoms with Gasteiger partial charge in [0, 0.05) is 5.56 Å². The fourth-order valence-electron chi connectivity index (χ4n) is 2.43. The minimum Gasteiger partial charge on any atom is -0.278 e. The van der Waals surface area contributed by atoms with Gasteiger partial charge in [-0.2, -0.15) is 5.10 Å². The molecule has 0 spiro atoms. The van der Waals surface area contributed by atoms with Gasteiger partial charge in [-0.1, -0.05) is 36.4 Å². The van der Waals surface area contributed by atoms with Gasteiger partial charge in [-0.25, -0.2) is 0 Å². The lowest BCUT2D eigenvalue weighted by molar-refractivity contribution is 0.739. The smallest absolute Gasteiger partial charge is 0.0685 e. The standard InChI is InChI=1S/C15H16N2/c1-3-7-12(8-4-1)14-11-16-17-15(14)13-9-5-2-6-10-13/h1,3-4,7-9,11H,2,5-6,10H2,(H,16,17). The summed E-state index contributed by atoms with van der Waals surface area (Å²) in [6.07, 6.45) is 9.26. The van der Waals surface area contributed by atoms with Gasteiger partial charge < -0.3 is 0 Å². The van der Waals surface area contributed by atoms with E-state index in [-0.39, 0.29) is 0 Å². The van der Waals surface area contributed by atoms with Gasteiger partial charge in [0.25, 0.3) is 0 Å². The van der Waals surface area contributed by atoms with E-state index in [0.717, 1.165) is 0 Å². The van der Waals surface area contributed by atoms with Crippen LogP contribution in [0.15, 0.2) is 42.6 Å². The first kappa shape index (κ1) is 10.3. The Balaban J connectivity index is 2.02. The lowest BCUT2D eigenvalue weighted by Gasteiger charge is -2.12. The van der Waals surface area contributed by atoms with Crippen molar-refractivity contribution < 1.29 is 0 Å². The van der Waals surface area contributed by atoms with E-state index >= 15 is 0 Å². The van der Waals surface area contributed by atoms with Crippen molar-refractivity contribution in [3.63, 3.8) is 0 Å². The molecule has 1 heterocycles. The SMILES string of the molecule is C1=C(c2[nH]ncc2-c2ccccc2)CCCC1. The fourth-order valence-corrected chi connectivity index (χ4v) is 2.43.